The summed E-state index contributed by atoms with van der Waals surface area (Å²) < 4.78 is 9.73. The molecule has 134 valence electrons. The average Bonchev–Trinajstić information content (AvgIpc) is 2.98. The van der Waals surface area contributed by atoms with E-state index in [2.05, 4.69) is 21.2 Å². The van der Waals surface area contributed by atoms with Gasteiger partial charge in [-0.25, -0.2) is 4.98 Å². The molecule has 0 radical (unpaired) electrons. The summed E-state index contributed by atoms with van der Waals surface area (Å²) in [5.74, 6) is 1.24. The lowest BCUT2D eigenvalue weighted by Gasteiger charge is -2.31. The summed E-state index contributed by atoms with van der Waals surface area (Å²) in [7, 11) is 0. The molecule has 0 saturated carbocycles. The smallest absolute Gasteiger partial charge is 0.239 e. The van der Waals surface area contributed by atoms with Crippen LogP contribution in [0.5, 0.6) is 0 Å². The summed E-state index contributed by atoms with van der Waals surface area (Å²) in [4.78, 5) is 21.5. The fraction of sp³-hybridized carbons (Fsp3) is 0.812. The predicted octanol–water partition coefficient (Wildman–Crippen LogP) is 0.893. The van der Waals surface area contributed by atoms with Gasteiger partial charge in [0.15, 0.2) is 0 Å². The van der Waals surface area contributed by atoms with Gasteiger partial charge < -0.3 is 20.3 Å². The van der Waals surface area contributed by atoms with E-state index in [0.717, 1.165) is 69.5 Å². The molecule has 2 saturated heterocycles. The first-order valence-corrected chi connectivity index (χ1v) is 9.66. The topological polar surface area (TPSA) is 84.6 Å². The number of nitrogens with two attached hydrogens (primary N) is 1. The summed E-state index contributed by atoms with van der Waals surface area (Å²) in [6.07, 6.45) is 3.57. The molecule has 0 spiro atoms. The highest BCUT2D eigenvalue weighted by Gasteiger charge is 2.31. The van der Waals surface area contributed by atoms with Crippen molar-refractivity contribution in [2.75, 3.05) is 44.3 Å². The molecule has 1 unspecified atom stereocenters. The van der Waals surface area contributed by atoms with Gasteiger partial charge in [-0.05, 0) is 25.2 Å². The van der Waals surface area contributed by atoms with Crippen LogP contribution in [0.15, 0.2) is 0 Å². The van der Waals surface area contributed by atoms with E-state index in [1.165, 1.54) is 11.5 Å². The van der Waals surface area contributed by atoms with Crippen LogP contribution >= 0.6 is 11.5 Å². The summed E-state index contributed by atoms with van der Waals surface area (Å²) in [6, 6.07) is -0.395. The zero-order valence-corrected chi connectivity index (χ0v) is 15.1. The van der Waals surface area contributed by atoms with Crippen molar-refractivity contribution >= 4 is 22.6 Å². The molecule has 1 aromatic rings. The Labute approximate surface area is 147 Å². The number of amides is 1. The molecule has 0 aliphatic carbocycles. The van der Waals surface area contributed by atoms with Gasteiger partial charge in [-0.2, -0.15) is 4.37 Å². The first-order chi connectivity index (χ1) is 11.7. The lowest BCUT2D eigenvalue weighted by atomic mass is 9.91. The van der Waals surface area contributed by atoms with E-state index < -0.39 is 6.04 Å². The normalized spacial score (nSPS) is 21.6. The number of aromatic nitrogens is 2. The molecule has 7 nitrogen and oxygen atoms in total. The van der Waals surface area contributed by atoms with E-state index in [1.807, 2.05) is 4.90 Å². The van der Waals surface area contributed by atoms with E-state index in [9.17, 15) is 4.79 Å². The number of nitrogens with zero attached hydrogens (tertiary/aromatic N) is 4. The molecule has 1 aromatic heterocycles. The number of carbonyl (C=O) groups is 1. The molecular weight excluding hydrogens is 326 g/mol. The Kier molecular flexibility index (Phi) is 6.02. The maximum Gasteiger partial charge on any atom is 0.239 e. The zero-order chi connectivity index (χ0) is 16.9. The molecule has 2 fully saturated rings. The Morgan fingerprint density at radius 1 is 1.33 bits per heavy atom. The molecule has 0 aromatic carbocycles. The highest BCUT2D eigenvalue weighted by atomic mass is 32.1. The molecular formula is C16H27N5O2S. The van der Waals surface area contributed by atoms with Crippen molar-refractivity contribution in [3.05, 3.63) is 5.82 Å². The number of hydrogen-bond donors (Lipinski definition) is 1. The van der Waals surface area contributed by atoms with Gasteiger partial charge in [0.05, 0.1) is 6.04 Å². The van der Waals surface area contributed by atoms with Crippen LogP contribution in [0.3, 0.4) is 0 Å². The largest absolute Gasteiger partial charge is 0.381 e. The van der Waals surface area contributed by atoms with Gasteiger partial charge in [0.2, 0.25) is 11.0 Å². The number of ether oxygens (including phenoxy) is 1. The van der Waals surface area contributed by atoms with E-state index in [-0.39, 0.29) is 11.8 Å². The third kappa shape index (κ3) is 4.04. The Balaban J connectivity index is 1.57. The maximum atomic E-state index is 12.8. The van der Waals surface area contributed by atoms with E-state index in [4.69, 9.17) is 10.5 Å². The second-order valence-electron chi connectivity index (χ2n) is 6.49. The Hall–Kier alpha value is -1.25. The summed E-state index contributed by atoms with van der Waals surface area (Å²) in [6.45, 7) is 6.68. The van der Waals surface area contributed by atoms with Crippen molar-refractivity contribution in [3.8, 4) is 0 Å². The Morgan fingerprint density at radius 3 is 2.83 bits per heavy atom. The van der Waals surface area contributed by atoms with Crippen molar-refractivity contribution in [1.82, 2.24) is 14.3 Å². The van der Waals surface area contributed by atoms with Crippen LogP contribution in [-0.4, -0.2) is 65.6 Å². The Bertz CT molecular complexity index is 546. The molecule has 8 heteroatoms. The van der Waals surface area contributed by atoms with E-state index in [1.54, 1.807) is 0 Å². The number of aryl methyl sites for hydroxylation is 1. The first-order valence-electron chi connectivity index (χ1n) is 8.88. The zero-order valence-electron chi connectivity index (χ0n) is 14.3. The minimum atomic E-state index is -0.395. The minimum Gasteiger partial charge on any atom is -0.381 e. The number of rotatable bonds is 4. The van der Waals surface area contributed by atoms with Crippen LogP contribution in [0.1, 0.15) is 32.0 Å². The second-order valence-corrected chi connectivity index (χ2v) is 7.22. The number of carbonyl (C=O) groups excluding carboxylic acids is 1. The molecule has 1 amide bonds. The molecule has 2 N–H and O–H groups in total. The van der Waals surface area contributed by atoms with Crippen LogP contribution in [0.25, 0.3) is 0 Å². The fourth-order valence-electron chi connectivity index (χ4n) is 3.33. The summed E-state index contributed by atoms with van der Waals surface area (Å²) >= 11 is 1.45. The molecule has 1 atom stereocenters. The van der Waals surface area contributed by atoms with Crippen molar-refractivity contribution < 1.29 is 9.53 Å². The monoisotopic (exact) mass is 353 g/mol. The van der Waals surface area contributed by atoms with Gasteiger partial charge in [-0.3, -0.25) is 4.79 Å². The van der Waals surface area contributed by atoms with Gasteiger partial charge in [0.25, 0.3) is 0 Å². The van der Waals surface area contributed by atoms with Crippen molar-refractivity contribution in [2.24, 2.45) is 11.7 Å². The molecule has 2 aliphatic rings. The van der Waals surface area contributed by atoms with Gasteiger partial charge in [0.1, 0.15) is 5.82 Å². The number of hydrogen-bond acceptors (Lipinski definition) is 7. The van der Waals surface area contributed by atoms with Crippen LogP contribution in [0, 0.1) is 5.92 Å². The SMILES string of the molecule is CCc1nsc(N2CCCN(C(=O)C(N)C3CCOCC3)CC2)n1. The molecule has 3 heterocycles. The van der Waals surface area contributed by atoms with Crippen molar-refractivity contribution in [1.29, 1.82) is 0 Å². The lowest BCUT2D eigenvalue weighted by molar-refractivity contribution is -0.134. The van der Waals surface area contributed by atoms with Crippen molar-refractivity contribution in [3.63, 3.8) is 0 Å². The van der Waals surface area contributed by atoms with Crippen LogP contribution < -0.4 is 10.6 Å². The molecule has 24 heavy (non-hydrogen) atoms. The standard InChI is InChI=1S/C16H27N5O2S/c1-2-13-18-16(24-19-13)21-7-3-6-20(8-9-21)15(22)14(17)12-4-10-23-11-5-12/h12,14H,2-11,17H2,1H3. The lowest BCUT2D eigenvalue weighted by Crippen LogP contribution is -2.50. The number of anilines is 1. The highest BCUT2D eigenvalue weighted by Crippen LogP contribution is 2.22. The first kappa shape index (κ1) is 17.6. The van der Waals surface area contributed by atoms with Gasteiger partial charge >= 0.3 is 0 Å². The van der Waals surface area contributed by atoms with Gasteiger partial charge in [-0.1, -0.05) is 6.92 Å². The molecule has 2 aliphatic heterocycles. The van der Waals surface area contributed by atoms with Crippen LogP contribution in [0.2, 0.25) is 0 Å². The highest BCUT2D eigenvalue weighted by molar-refractivity contribution is 7.09. The third-order valence-electron chi connectivity index (χ3n) is 4.91. The third-order valence-corrected chi connectivity index (χ3v) is 5.73. The van der Waals surface area contributed by atoms with Crippen molar-refractivity contribution in [2.45, 2.75) is 38.6 Å². The quantitative estimate of drug-likeness (QED) is 0.865. The van der Waals surface area contributed by atoms with Gasteiger partial charge in [0, 0.05) is 57.3 Å². The maximum absolute atomic E-state index is 12.8. The predicted molar refractivity (Wildman–Crippen MR) is 94.2 cm³/mol. The summed E-state index contributed by atoms with van der Waals surface area (Å²) in [5.41, 5.74) is 6.26. The second kappa shape index (κ2) is 8.22. The average molecular weight is 353 g/mol. The minimum absolute atomic E-state index is 0.0928. The fourth-order valence-corrected chi connectivity index (χ4v) is 4.13. The molecule has 3 rings (SSSR count). The summed E-state index contributed by atoms with van der Waals surface area (Å²) in [5, 5.41) is 0.967. The van der Waals surface area contributed by atoms with E-state index >= 15 is 0 Å². The molecule has 0 bridgehead atoms. The Morgan fingerprint density at radius 2 is 2.12 bits per heavy atom. The van der Waals surface area contributed by atoms with E-state index in [0.29, 0.717) is 6.54 Å². The van der Waals surface area contributed by atoms with Crippen LogP contribution in [-0.2, 0) is 16.0 Å². The van der Waals surface area contributed by atoms with Crippen LogP contribution in [0.4, 0.5) is 5.13 Å². The van der Waals surface area contributed by atoms with Gasteiger partial charge in [-0.15, -0.1) is 0 Å².